The van der Waals surface area contributed by atoms with E-state index in [4.69, 9.17) is 5.73 Å². The van der Waals surface area contributed by atoms with Crippen molar-refractivity contribution in [3.05, 3.63) is 53.7 Å². The maximum atomic E-state index is 14.6. The Balaban J connectivity index is 1.57. The highest BCUT2D eigenvalue weighted by molar-refractivity contribution is 5.25. The third kappa shape index (κ3) is 3.82. The number of piperidine rings is 1. The van der Waals surface area contributed by atoms with Crippen molar-refractivity contribution in [1.82, 2.24) is 14.9 Å². The molecule has 6 heteroatoms. The van der Waals surface area contributed by atoms with Crippen LogP contribution in [0.5, 0.6) is 0 Å². The molecule has 1 aromatic carbocycles. The number of rotatable bonds is 4. The van der Waals surface area contributed by atoms with Gasteiger partial charge >= 0.3 is 0 Å². The standard InChI is InChI=1S/C17H20F2N4/c18-14-4-2-1-3-13(14)17(19)12-6-9-23(10-7-12)11-16-21-8-5-15(20)22-16/h1-5,8,12,17H,6-7,9-11H2,(H2,20,21,22)/t17-/m0/s1. The molecular formula is C17H20F2N4. The van der Waals surface area contributed by atoms with Crippen LogP contribution in [0.4, 0.5) is 14.6 Å². The Morgan fingerprint density at radius 3 is 2.65 bits per heavy atom. The fourth-order valence-corrected chi connectivity index (χ4v) is 3.05. The summed E-state index contributed by atoms with van der Waals surface area (Å²) in [4.78, 5) is 10.6. The van der Waals surface area contributed by atoms with E-state index in [0.717, 1.165) is 13.1 Å². The summed E-state index contributed by atoms with van der Waals surface area (Å²) in [7, 11) is 0. The highest BCUT2D eigenvalue weighted by Crippen LogP contribution is 2.35. The van der Waals surface area contributed by atoms with Crippen LogP contribution in [0.2, 0.25) is 0 Å². The molecule has 2 aromatic rings. The molecule has 4 nitrogen and oxygen atoms in total. The number of likely N-dealkylation sites (tertiary alicyclic amines) is 1. The van der Waals surface area contributed by atoms with Crippen LogP contribution in [0.1, 0.15) is 30.4 Å². The minimum absolute atomic E-state index is 0.148. The molecule has 0 amide bonds. The Labute approximate surface area is 134 Å². The van der Waals surface area contributed by atoms with Crippen molar-refractivity contribution in [3.63, 3.8) is 0 Å². The first-order valence-corrected chi connectivity index (χ1v) is 7.81. The van der Waals surface area contributed by atoms with Gasteiger partial charge in [0.15, 0.2) is 0 Å². The Hall–Kier alpha value is -2.08. The molecule has 1 aliphatic heterocycles. The number of aromatic nitrogens is 2. The lowest BCUT2D eigenvalue weighted by molar-refractivity contribution is 0.113. The minimum Gasteiger partial charge on any atom is -0.384 e. The number of hydrogen-bond donors (Lipinski definition) is 1. The summed E-state index contributed by atoms with van der Waals surface area (Å²) in [5, 5.41) is 0. The second kappa shape index (κ2) is 7.00. The number of alkyl halides is 1. The normalized spacial score (nSPS) is 18.0. The number of hydrogen-bond acceptors (Lipinski definition) is 4. The van der Waals surface area contributed by atoms with Gasteiger partial charge in [0.1, 0.15) is 23.6 Å². The molecule has 2 heterocycles. The van der Waals surface area contributed by atoms with Gasteiger partial charge in [-0.05, 0) is 44.0 Å². The van der Waals surface area contributed by atoms with E-state index < -0.39 is 12.0 Å². The van der Waals surface area contributed by atoms with Crippen LogP contribution < -0.4 is 5.73 Å². The molecule has 3 rings (SSSR count). The van der Waals surface area contributed by atoms with Gasteiger partial charge in [-0.3, -0.25) is 4.90 Å². The second-order valence-corrected chi connectivity index (χ2v) is 5.93. The van der Waals surface area contributed by atoms with E-state index in [2.05, 4.69) is 14.9 Å². The molecule has 1 atom stereocenters. The van der Waals surface area contributed by atoms with Crippen molar-refractivity contribution in [3.8, 4) is 0 Å². The summed E-state index contributed by atoms with van der Waals surface area (Å²) < 4.78 is 28.3. The van der Waals surface area contributed by atoms with E-state index >= 15 is 0 Å². The molecule has 0 saturated carbocycles. The quantitative estimate of drug-likeness (QED) is 0.941. The van der Waals surface area contributed by atoms with Crippen molar-refractivity contribution in [2.75, 3.05) is 18.8 Å². The zero-order valence-electron chi connectivity index (χ0n) is 12.8. The Bertz CT molecular complexity index is 657. The third-order valence-corrected chi connectivity index (χ3v) is 4.34. The number of nitrogen functional groups attached to an aromatic ring is 1. The SMILES string of the molecule is Nc1ccnc(CN2CCC([C@H](F)c3ccccc3F)CC2)n1. The summed E-state index contributed by atoms with van der Waals surface area (Å²) in [6, 6.07) is 7.76. The van der Waals surface area contributed by atoms with Crippen molar-refractivity contribution in [2.45, 2.75) is 25.6 Å². The molecule has 1 aliphatic rings. The predicted molar refractivity (Wildman–Crippen MR) is 84.7 cm³/mol. The van der Waals surface area contributed by atoms with Crippen LogP contribution in [0.25, 0.3) is 0 Å². The van der Waals surface area contributed by atoms with Gasteiger partial charge in [-0.25, -0.2) is 18.7 Å². The lowest BCUT2D eigenvalue weighted by atomic mass is 9.88. The van der Waals surface area contributed by atoms with Gasteiger partial charge in [-0.2, -0.15) is 0 Å². The van der Waals surface area contributed by atoms with Crippen LogP contribution in [-0.2, 0) is 6.54 Å². The first kappa shape index (κ1) is 15.8. The molecule has 0 radical (unpaired) electrons. The summed E-state index contributed by atoms with van der Waals surface area (Å²) in [5.41, 5.74) is 5.82. The molecule has 2 N–H and O–H groups in total. The van der Waals surface area contributed by atoms with Crippen molar-refractivity contribution in [2.24, 2.45) is 5.92 Å². The summed E-state index contributed by atoms with van der Waals surface area (Å²) >= 11 is 0. The number of halogens is 2. The first-order chi connectivity index (χ1) is 11.1. The first-order valence-electron chi connectivity index (χ1n) is 7.81. The van der Waals surface area contributed by atoms with Crippen molar-refractivity contribution >= 4 is 5.82 Å². The average Bonchev–Trinajstić information content (AvgIpc) is 2.55. The molecule has 1 saturated heterocycles. The van der Waals surface area contributed by atoms with Gasteiger partial charge in [0, 0.05) is 11.8 Å². The van der Waals surface area contributed by atoms with Gasteiger partial charge in [-0.1, -0.05) is 18.2 Å². The number of nitrogens with two attached hydrogens (primary N) is 1. The Kier molecular flexibility index (Phi) is 4.81. The second-order valence-electron chi connectivity index (χ2n) is 5.93. The molecule has 0 spiro atoms. The molecule has 1 aromatic heterocycles. The minimum atomic E-state index is -1.25. The molecule has 0 bridgehead atoms. The lowest BCUT2D eigenvalue weighted by Crippen LogP contribution is -2.35. The Morgan fingerprint density at radius 1 is 1.22 bits per heavy atom. The van der Waals surface area contributed by atoms with Crippen LogP contribution in [0, 0.1) is 11.7 Å². The zero-order chi connectivity index (χ0) is 16.2. The van der Waals surface area contributed by atoms with E-state index in [0.29, 0.717) is 31.0 Å². The maximum absolute atomic E-state index is 14.6. The van der Waals surface area contributed by atoms with E-state index in [1.165, 1.54) is 12.1 Å². The van der Waals surface area contributed by atoms with Gasteiger partial charge in [-0.15, -0.1) is 0 Å². The van der Waals surface area contributed by atoms with Crippen molar-refractivity contribution < 1.29 is 8.78 Å². The van der Waals surface area contributed by atoms with E-state index in [1.54, 1.807) is 24.4 Å². The fraction of sp³-hybridized carbons (Fsp3) is 0.412. The van der Waals surface area contributed by atoms with Gasteiger partial charge < -0.3 is 5.73 Å². The molecule has 122 valence electrons. The monoisotopic (exact) mass is 318 g/mol. The molecule has 23 heavy (non-hydrogen) atoms. The van der Waals surface area contributed by atoms with Crippen LogP contribution in [0.15, 0.2) is 36.5 Å². The van der Waals surface area contributed by atoms with Gasteiger partial charge in [0.05, 0.1) is 6.54 Å². The highest BCUT2D eigenvalue weighted by Gasteiger charge is 2.29. The topological polar surface area (TPSA) is 55.0 Å². The smallest absolute Gasteiger partial charge is 0.144 e. The number of benzene rings is 1. The van der Waals surface area contributed by atoms with Gasteiger partial charge in [0.25, 0.3) is 0 Å². The lowest BCUT2D eigenvalue weighted by Gasteiger charge is -2.33. The predicted octanol–water partition coefficient (Wildman–Crippen LogP) is 3.12. The van der Waals surface area contributed by atoms with E-state index in [9.17, 15) is 8.78 Å². The third-order valence-electron chi connectivity index (χ3n) is 4.34. The fourth-order valence-electron chi connectivity index (χ4n) is 3.05. The van der Waals surface area contributed by atoms with Crippen LogP contribution >= 0.6 is 0 Å². The molecule has 0 aliphatic carbocycles. The van der Waals surface area contributed by atoms with E-state index in [1.807, 2.05) is 0 Å². The van der Waals surface area contributed by atoms with Gasteiger partial charge in [0.2, 0.25) is 0 Å². The Morgan fingerprint density at radius 2 is 1.96 bits per heavy atom. The summed E-state index contributed by atoms with van der Waals surface area (Å²) in [6.45, 7) is 2.10. The van der Waals surface area contributed by atoms with E-state index in [-0.39, 0.29) is 11.5 Å². The highest BCUT2D eigenvalue weighted by atomic mass is 19.1. The number of anilines is 1. The molecule has 0 unspecified atom stereocenters. The van der Waals surface area contributed by atoms with Crippen LogP contribution in [0.3, 0.4) is 0 Å². The zero-order valence-corrected chi connectivity index (χ0v) is 12.8. The number of nitrogens with zero attached hydrogens (tertiary/aromatic N) is 3. The molecule has 1 fully saturated rings. The average molecular weight is 318 g/mol. The van der Waals surface area contributed by atoms with Crippen LogP contribution in [-0.4, -0.2) is 28.0 Å². The largest absolute Gasteiger partial charge is 0.384 e. The summed E-state index contributed by atoms with van der Waals surface area (Å²) in [6.07, 6.45) is 1.78. The van der Waals surface area contributed by atoms with Crippen molar-refractivity contribution in [1.29, 1.82) is 0 Å². The molecular weight excluding hydrogens is 298 g/mol. The summed E-state index contributed by atoms with van der Waals surface area (Å²) in [5.74, 6) is 0.517. The maximum Gasteiger partial charge on any atom is 0.144 e.